The van der Waals surface area contributed by atoms with Crippen molar-refractivity contribution in [1.82, 2.24) is 29.9 Å². The first-order valence-electron chi connectivity index (χ1n) is 12.2. The van der Waals surface area contributed by atoms with E-state index in [0.717, 1.165) is 19.6 Å². The molecule has 1 fully saturated rings. The molecule has 3 heterocycles. The Morgan fingerprint density at radius 3 is 2.74 bits per heavy atom. The number of piperidine rings is 1. The molecule has 1 amide bonds. The molecule has 2 aromatic rings. The van der Waals surface area contributed by atoms with Gasteiger partial charge >= 0.3 is 0 Å². The molecule has 35 heavy (non-hydrogen) atoms. The van der Waals surface area contributed by atoms with Crippen LogP contribution in [0.25, 0.3) is 11.4 Å². The molecule has 9 nitrogen and oxygen atoms in total. The van der Waals surface area contributed by atoms with E-state index >= 15 is 0 Å². The van der Waals surface area contributed by atoms with Crippen LogP contribution in [0, 0.1) is 0 Å². The molecule has 0 saturated carbocycles. The molecule has 0 bridgehead atoms. The number of allylic oxidation sites excluding steroid dienone is 4. The molecule has 1 aliphatic carbocycles. The summed E-state index contributed by atoms with van der Waals surface area (Å²) in [5, 5.41) is 7.62. The highest BCUT2D eigenvalue weighted by Gasteiger charge is 2.25. The van der Waals surface area contributed by atoms with Crippen LogP contribution in [0.5, 0.6) is 0 Å². The molecular weight excluding hydrogens is 468 g/mol. The van der Waals surface area contributed by atoms with Gasteiger partial charge in [-0.25, -0.2) is 4.98 Å². The molecule has 188 valence electrons. The lowest BCUT2D eigenvalue weighted by molar-refractivity contribution is -0.123. The third-order valence-electron chi connectivity index (χ3n) is 6.06. The summed E-state index contributed by atoms with van der Waals surface area (Å²) >= 11 is 6.24. The average molecular weight is 501 g/mol. The van der Waals surface area contributed by atoms with E-state index < -0.39 is 5.54 Å². The number of carbonyl (C=O) groups excluding carboxylic acids is 1. The lowest BCUT2D eigenvalue weighted by Crippen LogP contribution is -2.44. The fourth-order valence-electron chi connectivity index (χ4n) is 4.43. The van der Waals surface area contributed by atoms with Gasteiger partial charge in [-0.05, 0) is 59.2 Å². The molecule has 1 atom stereocenters. The van der Waals surface area contributed by atoms with E-state index in [0.29, 0.717) is 29.6 Å². The van der Waals surface area contributed by atoms with Crippen LogP contribution in [0.2, 0.25) is 0 Å². The third kappa shape index (κ3) is 6.67. The molecule has 1 N–H and O–H groups in total. The van der Waals surface area contributed by atoms with Gasteiger partial charge in [-0.1, -0.05) is 35.3 Å². The number of carbonyl (C=O) groups is 1. The van der Waals surface area contributed by atoms with Crippen molar-refractivity contribution in [2.24, 2.45) is 0 Å². The highest BCUT2D eigenvalue weighted by atomic mass is 35.5. The summed E-state index contributed by atoms with van der Waals surface area (Å²) in [6, 6.07) is 0. The molecule has 1 unspecified atom stereocenters. The van der Waals surface area contributed by atoms with Crippen molar-refractivity contribution < 1.29 is 9.32 Å². The van der Waals surface area contributed by atoms with Crippen molar-refractivity contribution in [3.05, 3.63) is 51.5 Å². The number of hydrogen-bond acceptors (Lipinski definition) is 7. The maximum atomic E-state index is 13.6. The Labute approximate surface area is 210 Å². The molecule has 1 saturated heterocycles. The molecule has 1 aliphatic heterocycles. The Balaban J connectivity index is 1.60. The van der Waals surface area contributed by atoms with E-state index in [9.17, 15) is 9.59 Å². The number of aromatic nitrogens is 4. The summed E-state index contributed by atoms with van der Waals surface area (Å²) in [5.74, 6) is 0.640. The first kappa shape index (κ1) is 25.3. The number of likely N-dealkylation sites (tertiary alicyclic amines) is 1. The molecule has 0 spiro atoms. The molecular formula is C25H33ClN6O3. The van der Waals surface area contributed by atoms with E-state index in [-0.39, 0.29) is 35.3 Å². The van der Waals surface area contributed by atoms with Gasteiger partial charge in [0.2, 0.25) is 17.6 Å². The van der Waals surface area contributed by atoms with Gasteiger partial charge in [0.15, 0.2) is 0 Å². The summed E-state index contributed by atoms with van der Waals surface area (Å²) in [4.78, 5) is 37.7. The average Bonchev–Trinajstić information content (AvgIpc) is 3.27. The first-order valence-corrected chi connectivity index (χ1v) is 12.6. The van der Waals surface area contributed by atoms with E-state index in [1.54, 1.807) is 0 Å². The van der Waals surface area contributed by atoms with Gasteiger partial charge in [0.05, 0.1) is 0 Å². The van der Waals surface area contributed by atoms with Crippen molar-refractivity contribution in [2.75, 3.05) is 19.6 Å². The fourth-order valence-corrected chi connectivity index (χ4v) is 4.67. The van der Waals surface area contributed by atoms with Crippen LogP contribution in [0.4, 0.5) is 0 Å². The largest absolute Gasteiger partial charge is 0.350 e. The van der Waals surface area contributed by atoms with E-state index in [2.05, 4.69) is 25.3 Å². The van der Waals surface area contributed by atoms with Gasteiger partial charge in [0.25, 0.3) is 5.56 Å². The number of hydrogen-bond donors (Lipinski definition) is 1. The van der Waals surface area contributed by atoms with Crippen LogP contribution in [0.1, 0.15) is 64.1 Å². The fraction of sp³-hybridized carbons (Fsp3) is 0.560. The Kier molecular flexibility index (Phi) is 7.86. The summed E-state index contributed by atoms with van der Waals surface area (Å²) in [5.41, 5.74) is -0.618. The monoisotopic (exact) mass is 500 g/mol. The molecule has 2 aliphatic rings. The second kappa shape index (κ2) is 10.9. The lowest BCUT2D eigenvalue weighted by Gasteiger charge is -2.25. The van der Waals surface area contributed by atoms with Crippen molar-refractivity contribution in [1.29, 1.82) is 0 Å². The minimum atomic E-state index is -0.431. The smallest absolute Gasteiger partial charge is 0.265 e. The van der Waals surface area contributed by atoms with Crippen LogP contribution in [0.15, 0.2) is 38.8 Å². The lowest BCUT2D eigenvalue weighted by atomic mass is 9.99. The van der Waals surface area contributed by atoms with Gasteiger partial charge in [0, 0.05) is 35.7 Å². The molecule has 0 aromatic carbocycles. The van der Waals surface area contributed by atoms with Crippen molar-refractivity contribution >= 4 is 17.5 Å². The molecule has 2 aromatic heterocycles. The van der Waals surface area contributed by atoms with Gasteiger partial charge in [-0.3, -0.25) is 14.2 Å². The van der Waals surface area contributed by atoms with Crippen LogP contribution in [-0.2, 0) is 17.8 Å². The Morgan fingerprint density at radius 2 is 2.03 bits per heavy atom. The highest BCUT2D eigenvalue weighted by molar-refractivity contribution is 6.29. The number of amides is 1. The summed E-state index contributed by atoms with van der Waals surface area (Å²) < 4.78 is 6.83. The predicted octanol–water partition coefficient (Wildman–Crippen LogP) is 3.40. The van der Waals surface area contributed by atoms with Gasteiger partial charge in [-0.2, -0.15) is 4.98 Å². The zero-order valence-electron chi connectivity index (χ0n) is 20.6. The van der Waals surface area contributed by atoms with Crippen molar-refractivity contribution in [3.8, 4) is 11.4 Å². The summed E-state index contributed by atoms with van der Waals surface area (Å²) in [6.45, 7) is 8.52. The maximum Gasteiger partial charge on any atom is 0.265 e. The number of nitrogens with zero attached hydrogens (tertiary/aromatic N) is 5. The Morgan fingerprint density at radius 1 is 1.26 bits per heavy atom. The normalized spacial score (nSPS) is 19.0. The predicted molar refractivity (Wildman–Crippen MR) is 134 cm³/mol. The topological polar surface area (TPSA) is 106 Å². The standard InChI is InChI=1S/C25H33ClN6O3/c1-25(2,3)29-20(33)16-32-23(17-8-7-9-18(26)14-17)27-15-19(24(32)34)22-28-21(35-30-22)10-13-31-11-5-4-6-12-31/h7-9,15,17H,4-6,10-14,16H2,1-3H3,(H,29,33). The minimum absolute atomic E-state index is 0.169. The highest BCUT2D eigenvalue weighted by Crippen LogP contribution is 2.29. The zero-order chi connectivity index (χ0) is 25.0. The van der Waals surface area contributed by atoms with Crippen molar-refractivity contribution in [3.63, 3.8) is 0 Å². The second-order valence-electron chi connectivity index (χ2n) is 10.2. The molecule has 0 radical (unpaired) electrons. The minimum Gasteiger partial charge on any atom is -0.350 e. The summed E-state index contributed by atoms with van der Waals surface area (Å²) in [7, 11) is 0. The molecule has 4 rings (SSSR count). The van der Waals surface area contributed by atoms with Crippen LogP contribution in [-0.4, -0.2) is 55.7 Å². The number of rotatable bonds is 7. The molecule has 10 heteroatoms. The van der Waals surface area contributed by atoms with Gasteiger partial charge < -0.3 is 14.7 Å². The van der Waals surface area contributed by atoms with E-state index in [1.807, 2.05) is 39.0 Å². The summed E-state index contributed by atoms with van der Waals surface area (Å²) in [6.07, 6.45) is 11.9. The SMILES string of the molecule is CC(C)(C)NC(=O)Cn1c(C2C=CC=C(Cl)C2)ncc(-c2noc(CCN3CCCCC3)n2)c1=O. The van der Waals surface area contributed by atoms with E-state index in [1.165, 1.54) is 30.0 Å². The zero-order valence-corrected chi connectivity index (χ0v) is 21.3. The Hall–Kier alpha value is -2.78. The van der Waals surface area contributed by atoms with Gasteiger partial charge in [-0.15, -0.1) is 0 Å². The second-order valence-corrected chi connectivity index (χ2v) is 10.7. The first-order chi connectivity index (χ1) is 16.7. The number of halogens is 1. The van der Waals surface area contributed by atoms with Crippen LogP contribution >= 0.6 is 11.6 Å². The quantitative estimate of drug-likeness (QED) is 0.620. The van der Waals surface area contributed by atoms with Crippen LogP contribution < -0.4 is 10.9 Å². The van der Waals surface area contributed by atoms with Gasteiger partial charge in [0.1, 0.15) is 17.9 Å². The maximum absolute atomic E-state index is 13.6. The Bertz CT molecular complexity index is 1170. The van der Waals surface area contributed by atoms with Crippen molar-refractivity contribution in [2.45, 2.75) is 70.9 Å². The van der Waals surface area contributed by atoms with Crippen LogP contribution in [0.3, 0.4) is 0 Å². The van der Waals surface area contributed by atoms with E-state index in [4.69, 9.17) is 16.1 Å². The third-order valence-corrected chi connectivity index (χ3v) is 6.34. The number of nitrogens with one attached hydrogen (secondary N) is 1.